The zero-order chi connectivity index (χ0) is 47.6. The summed E-state index contributed by atoms with van der Waals surface area (Å²) in [5.74, 6) is 0.139. The van der Waals surface area contributed by atoms with Gasteiger partial charge in [-0.1, -0.05) is 60.1 Å². The molecular formula is C48H78O17. The Bertz CT molecular complexity index is 1780. The van der Waals surface area contributed by atoms with E-state index in [2.05, 4.69) is 54.5 Å². The molecule has 7 fully saturated rings. The number of carbonyl (C=O) groups is 1. The second-order valence-electron chi connectivity index (χ2n) is 23.5. The summed E-state index contributed by atoms with van der Waals surface area (Å²) in [6.45, 7) is 16.4. The number of rotatable bonds is 8. The second kappa shape index (κ2) is 17.5. The number of hydrogen-bond acceptors (Lipinski definition) is 17. The monoisotopic (exact) mass is 927 g/mol. The maximum absolute atomic E-state index is 14.9. The first-order chi connectivity index (χ1) is 30.3. The number of ether oxygens (including phenoxy) is 6. The summed E-state index contributed by atoms with van der Waals surface area (Å²) in [4.78, 5) is 14.9. The van der Waals surface area contributed by atoms with E-state index in [0.717, 1.165) is 51.4 Å². The van der Waals surface area contributed by atoms with Gasteiger partial charge in [-0.15, -0.1) is 0 Å². The van der Waals surface area contributed by atoms with Crippen LogP contribution < -0.4 is 0 Å². The van der Waals surface area contributed by atoms with Crippen molar-refractivity contribution in [3.8, 4) is 0 Å². The van der Waals surface area contributed by atoms with Crippen LogP contribution in [0.5, 0.6) is 0 Å². The molecule has 0 aromatic heterocycles. The number of aliphatic hydroxyl groups excluding tert-OH is 10. The van der Waals surface area contributed by atoms with E-state index in [1.807, 2.05) is 0 Å². The Balaban J connectivity index is 0.973. The third-order valence-electron chi connectivity index (χ3n) is 19.3. The van der Waals surface area contributed by atoms with Gasteiger partial charge < -0.3 is 79.5 Å². The summed E-state index contributed by atoms with van der Waals surface area (Å²) in [7, 11) is 0. The third-order valence-corrected chi connectivity index (χ3v) is 19.3. The van der Waals surface area contributed by atoms with Crippen LogP contribution in [0.25, 0.3) is 0 Å². The molecule has 3 aliphatic heterocycles. The van der Waals surface area contributed by atoms with Crippen LogP contribution in [-0.4, -0.2) is 168 Å². The van der Waals surface area contributed by atoms with Crippen LogP contribution in [0.3, 0.4) is 0 Å². The van der Waals surface area contributed by atoms with Gasteiger partial charge in [0, 0.05) is 0 Å². The molecule has 4 saturated carbocycles. The van der Waals surface area contributed by atoms with E-state index < -0.39 is 117 Å². The van der Waals surface area contributed by atoms with Gasteiger partial charge in [-0.2, -0.15) is 0 Å². The lowest BCUT2D eigenvalue weighted by molar-refractivity contribution is -0.361. The lowest BCUT2D eigenvalue weighted by Gasteiger charge is -2.71. The van der Waals surface area contributed by atoms with Crippen molar-refractivity contribution in [2.24, 2.45) is 50.2 Å². The largest absolute Gasteiger partial charge is 0.432 e. The van der Waals surface area contributed by atoms with E-state index in [1.54, 1.807) is 0 Å². The zero-order valence-electron chi connectivity index (χ0n) is 39.4. The van der Waals surface area contributed by atoms with Crippen molar-refractivity contribution in [1.29, 1.82) is 0 Å². The van der Waals surface area contributed by atoms with E-state index >= 15 is 0 Å². The van der Waals surface area contributed by atoms with Gasteiger partial charge in [0.2, 0.25) is 6.29 Å². The molecule has 0 radical (unpaired) electrons. The minimum atomic E-state index is -1.84. The lowest BCUT2D eigenvalue weighted by atomic mass is 9.33. The summed E-state index contributed by atoms with van der Waals surface area (Å²) >= 11 is 0. The SMILES string of the molecule is CC1OC(OC2C(CO)OC(OCC3OC(OC(=O)C45CCC(C)(C)CC4C4=CCC6C7(C)CCC(O)C(C)(C)C7CCC6(C)C4(C)CC5)C(O)C(O)C3O)C(O)C2O)C(O)C(O)C1O. The van der Waals surface area contributed by atoms with Crippen molar-refractivity contribution in [3.63, 3.8) is 0 Å². The summed E-state index contributed by atoms with van der Waals surface area (Å²) < 4.78 is 34.8. The molecule has 5 aliphatic carbocycles. The van der Waals surface area contributed by atoms with Gasteiger partial charge in [-0.25, -0.2) is 0 Å². The molecule has 0 amide bonds. The highest BCUT2D eigenvalue weighted by Crippen LogP contribution is 2.76. The first kappa shape index (κ1) is 50.0. The fourth-order valence-corrected chi connectivity index (χ4v) is 14.8. The van der Waals surface area contributed by atoms with Crippen LogP contribution in [0.4, 0.5) is 0 Å². The highest BCUT2D eigenvalue weighted by atomic mass is 16.8. The molecule has 23 unspecified atom stereocenters. The Labute approximate surface area is 382 Å². The third kappa shape index (κ3) is 7.90. The molecule has 8 rings (SSSR count). The Hall–Kier alpha value is -1.39. The smallest absolute Gasteiger partial charge is 0.315 e. The predicted molar refractivity (Wildman–Crippen MR) is 229 cm³/mol. The molecular weight excluding hydrogens is 849 g/mol. The summed E-state index contributed by atoms with van der Waals surface area (Å²) in [5.41, 5.74) is -0.0204. The van der Waals surface area contributed by atoms with Crippen molar-refractivity contribution in [3.05, 3.63) is 11.6 Å². The molecule has 17 heteroatoms. The van der Waals surface area contributed by atoms with Crippen molar-refractivity contribution in [2.75, 3.05) is 13.2 Å². The van der Waals surface area contributed by atoms with Gasteiger partial charge in [0.1, 0.15) is 67.1 Å². The quantitative estimate of drug-likeness (QED) is 0.121. The summed E-state index contributed by atoms with van der Waals surface area (Å²) in [5, 5.41) is 108. The van der Waals surface area contributed by atoms with Gasteiger partial charge in [0.25, 0.3) is 0 Å². The fourth-order valence-electron chi connectivity index (χ4n) is 14.8. The number of hydrogen-bond donors (Lipinski definition) is 10. The molecule has 65 heavy (non-hydrogen) atoms. The lowest BCUT2D eigenvalue weighted by Crippen LogP contribution is -2.65. The van der Waals surface area contributed by atoms with Crippen LogP contribution in [-0.2, 0) is 33.2 Å². The summed E-state index contributed by atoms with van der Waals surface area (Å²) in [6, 6.07) is 0. The van der Waals surface area contributed by atoms with Gasteiger partial charge in [0.05, 0.1) is 30.8 Å². The van der Waals surface area contributed by atoms with Crippen LogP contribution in [0, 0.1) is 50.2 Å². The molecule has 3 saturated heterocycles. The van der Waals surface area contributed by atoms with Gasteiger partial charge >= 0.3 is 5.97 Å². The summed E-state index contributed by atoms with van der Waals surface area (Å²) in [6.07, 6.45) is -13.7. The Kier molecular flexibility index (Phi) is 13.4. The second-order valence-corrected chi connectivity index (χ2v) is 23.5. The van der Waals surface area contributed by atoms with Crippen molar-refractivity contribution in [2.45, 2.75) is 218 Å². The zero-order valence-corrected chi connectivity index (χ0v) is 39.4. The number of esters is 1. The molecule has 0 spiro atoms. The van der Waals surface area contributed by atoms with Crippen molar-refractivity contribution in [1.82, 2.24) is 0 Å². The Morgan fingerprint density at radius 3 is 2.00 bits per heavy atom. The van der Waals surface area contributed by atoms with E-state index in [0.29, 0.717) is 24.7 Å². The number of allylic oxidation sites excluding steroid dienone is 2. The minimum Gasteiger partial charge on any atom is -0.432 e. The number of carbonyl (C=O) groups excluding carboxylic acids is 1. The highest BCUT2D eigenvalue weighted by Gasteiger charge is 2.70. The van der Waals surface area contributed by atoms with E-state index in [4.69, 9.17) is 28.4 Å². The molecule has 17 nitrogen and oxygen atoms in total. The van der Waals surface area contributed by atoms with Crippen LogP contribution in [0.2, 0.25) is 0 Å². The first-order valence-corrected chi connectivity index (χ1v) is 24.2. The Morgan fingerprint density at radius 2 is 1.31 bits per heavy atom. The Morgan fingerprint density at radius 1 is 0.677 bits per heavy atom. The molecule has 372 valence electrons. The molecule has 0 aromatic carbocycles. The molecule has 10 N–H and O–H groups in total. The standard InChI is InChI=1S/C48H78O17/c1-22-30(51)32(53)35(56)40(61-22)64-38-25(20-49)62-39(37(58)34(38)55)60-21-26-31(52)33(54)36(57)41(63-26)65-42(59)48-17-15-43(2,3)19-24(48)23-9-10-28-45(6)13-12-29(50)44(4,5)27(45)11-14-47(28,8)46(23,7)16-18-48/h9,22,24-41,49-58H,10-21H2,1-8H3. The molecule has 23 atom stereocenters. The predicted octanol–water partition coefficient (Wildman–Crippen LogP) is 1.17. The minimum absolute atomic E-state index is 0.0373. The number of aliphatic hydroxyl groups is 10. The maximum atomic E-state index is 14.9. The van der Waals surface area contributed by atoms with E-state index in [-0.39, 0.29) is 39.1 Å². The molecule has 8 aliphatic rings. The topological polar surface area (TPSA) is 275 Å². The number of fused-ring (bicyclic) bond motifs is 7. The van der Waals surface area contributed by atoms with E-state index in [9.17, 15) is 55.9 Å². The van der Waals surface area contributed by atoms with Crippen LogP contribution in [0.1, 0.15) is 120 Å². The van der Waals surface area contributed by atoms with Crippen molar-refractivity contribution >= 4 is 5.97 Å². The normalized spacial score (nSPS) is 53.9. The van der Waals surface area contributed by atoms with Crippen LogP contribution >= 0.6 is 0 Å². The fraction of sp³-hybridized carbons (Fsp3) is 0.938. The average molecular weight is 927 g/mol. The maximum Gasteiger partial charge on any atom is 0.315 e. The van der Waals surface area contributed by atoms with E-state index in [1.165, 1.54) is 12.5 Å². The van der Waals surface area contributed by atoms with Gasteiger partial charge in [0.15, 0.2) is 12.6 Å². The van der Waals surface area contributed by atoms with Crippen molar-refractivity contribution < 1.29 is 84.3 Å². The molecule has 3 heterocycles. The average Bonchev–Trinajstić information content (AvgIpc) is 3.25. The van der Waals surface area contributed by atoms with Gasteiger partial charge in [-0.3, -0.25) is 4.79 Å². The highest BCUT2D eigenvalue weighted by molar-refractivity contribution is 5.79. The van der Waals surface area contributed by atoms with Crippen LogP contribution in [0.15, 0.2) is 11.6 Å². The molecule has 0 aromatic rings. The first-order valence-electron chi connectivity index (χ1n) is 24.2. The molecule has 0 bridgehead atoms. The van der Waals surface area contributed by atoms with Gasteiger partial charge in [-0.05, 0) is 116 Å².